The zero-order valence-corrected chi connectivity index (χ0v) is 8.14. The van der Waals surface area contributed by atoms with Crippen LogP contribution >= 0.6 is 0 Å². The van der Waals surface area contributed by atoms with Gasteiger partial charge in [-0.15, -0.1) is 0 Å². The van der Waals surface area contributed by atoms with E-state index in [1.807, 2.05) is 0 Å². The minimum absolute atomic E-state index is 0.0375. The van der Waals surface area contributed by atoms with E-state index >= 15 is 0 Å². The van der Waals surface area contributed by atoms with E-state index in [9.17, 15) is 8.78 Å². The van der Waals surface area contributed by atoms with Crippen molar-refractivity contribution in [1.29, 1.82) is 0 Å². The van der Waals surface area contributed by atoms with Gasteiger partial charge in [-0.1, -0.05) is 6.07 Å². The third kappa shape index (κ3) is 2.52. The fourth-order valence-electron chi connectivity index (χ4n) is 0.997. The molecule has 0 aliphatic rings. The van der Waals surface area contributed by atoms with Crippen molar-refractivity contribution < 1.29 is 8.78 Å². The van der Waals surface area contributed by atoms with E-state index in [1.165, 1.54) is 18.2 Å². The summed E-state index contributed by atoms with van der Waals surface area (Å²) in [5, 5.41) is 2.80. The lowest BCUT2D eigenvalue weighted by atomic mass is 10.2. The summed E-state index contributed by atoms with van der Waals surface area (Å²) in [6.45, 7) is 1.85. The standard InChI is InChI=1S/C10H12F2N2/c1-7(13-2)14-6-8-9(11)4-3-5-10(8)12/h3-5H,6H2,1-2H3,(H,13,14). The summed E-state index contributed by atoms with van der Waals surface area (Å²) < 4.78 is 26.2. The van der Waals surface area contributed by atoms with E-state index in [4.69, 9.17) is 0 Å². The maximum atomic E-state index is 13.1. The van der Waals surface area contributed by atoms with E-state index in [-0.39, 0.29) is 12.1 Å². The van der Waals surface area contributed by atoms with Crippen LogP contribution in [0.4, 0.5) is 8.78 Å². The minimum atomic E-state index is -0.540. The molecule has 0 saturated carbocycles. The summed E-state index contributed by atoms with van der Waals surface area (Å²) in [6.07, 6.45) is 0. The molecule has 76 valence electrons. The molecule has 0 saturated heterocycles. The van der Waals surface area contributed by atoms with E-state index in [2.05, 4.69) is 10.3 Å². The number of benzene rings is 1. The minimum Gasteiger partial charge on any atom is -0.370 e. The lowest BCUT2D eigenvalue weighted by Crippen LogP contribution is -2.20. The Kier molecular flexibility index (Phi) is 3.56. The largest absolute Gasteiger partial charge is 0.370 e. The Bertz CT molecular complexity index is 328. The Morgan fingerprint density at radius 3 is 2.43 bits per heavy atom. The third-order valence-electron chi connectivity index (χ3n) is 1.92. The van der Waals surface area contributed by atoms with E-state index in [0.29, 0.717) is 5.84 Å². The van der Waals surface area contributed by atoms with Crippen LogP contribution in [-0.4, -0.2) is 12.9 Å². The SMILES string of the molecule is CN=C(C)NCc1c(F)cccc1F. The normalized spacial score (nSPS) is 11.6. The Morgan fingerprint density at radius 1 is 1.36 bits per heavy atom. The second-order valence-electron chi connectivity index (χ2n) is 2.86. The molecular formula is C10H12F2N2. The predicted molar refractivity (Wildman–Crippen MR) is 52.2 cm³/mol. The number of amidine groups is 1. The monoisotopic (exact) mass is 198 g/mol. The first kappa shape index (κ1) is 10.6. The molecule has 0 aromatic heterocycles. The highest BCUT2D eigenvalue weighted by molar-refractivity contribution is 5.79. The summed E-state index contributed by atoms with van der Waals surface area (Å²) in [5.74, 6) is -0.435. The van der Waals surface area contributed by atoms with Gasteiger partial charge in [-0.25, -0.2) is 8.78 Å². The molecule has 2 nitrogen and oxygen atoms in total. The quantitative estimate of drug-likeness (QED) is 0.571. The van der Waals surface area contributed by atoms with E-state index in [1.54, 1.807) is 14.0 Å². The molecule has 0 heterocycles. The molecule has 1 aromatic rings. The number of hydrogen-bond donors (Lipinski definition) is 1. The zero-order valence-electron chi connectivity index (χ0n) is 8.14. The second kappa shape index (κ2) is 4.69. The fourth-order valence-corrected chi connectivity index (χ4v) is 0.997. The van der Waals surface area contributed by atoms with Gasteiger partial charge in [-0.2, -0.15) is 0 Å². The molecule has 0 aliphatic heterocycles. The lowest BCUT2D eigenvalue weighted by molar-refractivity contribution is 0.551. The fraction of sp³-hybridized carbons (Fsp3) is 0.300. The number of aliphatic imine (C=N–C) groups is 1. The van der Waals surface area contributed by atoms with Gasteiger partial charge in [0.2, 0.25) is 0 Å². The summed E-state index contributed by atoms with van der Waals surface area (Å²) in [5.41, 5.74) is 0.0375. The number of halogens is 2. The van der Waals surface area contributed by atoms with Crippen LogP contribution in [0.5, 0.6) is 0 Å². The van der Waals surface area contributed by atoms with Gasteiger partial charge in [0.25, 0.3) is 0 Å². The van der Waals surface area contributed by atoms with Gasteiger partial charge in [0.1, 0.15) is 11.6 Å². The highest BCUT2D eigenvalue weighted by Crippen LogP contribution is 2.11. The number of hydrogen-bond acceptors (Lipinski definition) is 1. The Balaban J connectivity index is 2.76. The third-order valence-corrected chi connectivity index (χ3v) is 1.92. The number of nitrogens with one attached hydrogen (secondary N) is 1. The van der Waals surface area contributed by atoms with Crippen LogP contribution in [0, 0.1) is 11.6 Å². The van der Waals surface area contributed by atoms with Gasteiger partial charge in [-0.05, 0) is 19.1 Å². The van der Waals surface area contributed by atoms with Crippen molar-refractivity contribution in [3.8, 4) is 0 Å². The first-order valence-electron chi connectivity index (χ1n) is 4.25. The summed E-state index contributed by atoms with van der Waals surface area (Å²) >= 11 is 0. The van der Waals surface area contributed by atoms with Gasteiger partial charge in [0.15, 0.2) is 0 Å². The van der Waals surface area contributed by atoms with Crippen LogP contribution in [0.15, 0.2) is 23.2 Å². The lowest BCUT2D eigenvalue weighted by Gasteiger charge is -2.06. The van der Waals surface area contributed by atoms with E-state index < -0.39 is 11.6 Å². The van der Waals surface area contributed by atoms with Crippen molar-refractivity contribution in [3.05, 3.63) is 35.4 Å². The molecule has 0 unspecified atom stereocenters. The van der Waals surface area contributed by atoms with Crippen molar-refractivity contribution in [2.45, 2.75) is 13.5 Å². The molecule has 14 heavy (non-hydrogen) atoms. The van der Waals surface area contributed by atoms with E-state index in [0.717, 1.165) is 0 Å². The highest BCUT2D eigenvalue weighted by Gasteiger charge is 2.07. The summed E-state index contributed by atoms with van der Waals surface area (Å²) in [6, 6.07) is 3.81. The maximum Gasteiger partial charge on any atom is 0.131 e. The molecule has 1 aromatic carbocycles. The molecule has 4 heteroatoms. The Hall–Kier alpha value is -1.45. The summed E-state index contributed by atoms with van der Waals surface area (Å²) in [7, 11) is 1.61. The van der Waals surface area contributed by atoms with Crippen molar-refractivity contribution in [2.75, 3.05) is 7.05 Å². The first-order valence-corrected chi connectivity index (χ1v) is 4.25. The van der Waals surface area contributed by atoms with Crippen molar-refractivity contribution in [1.82, 2.24) is 5.32 Å². The first-order chi connectivity index (χ1) is 6.65. The van der Waals surface area contributed by atoms with Crippen LogP contribution < -0.4 is 5.32 Å². The molecule has 0 spiro atoms. The van der Waals surface area contributed by atoms with Gasteiger partial charge in [0, 0.05) is 19.2 Å². The number of rotatable bonds is 2. The van der Waals surface area contributed by atoms with Crippen LogP contribution in [0.2, 0.25) is 0 Å². The van der Waals surface area contributed by atoms with Gasteiger partial charge >= 0.3 is 0 Å². The Labute approximate surface area is 81.7 Å². The predicted octanol–water partition coefficient (Wildman–Crippen LogP) is 2.10. The molecule has 1 rings (SSSR count). The second-order valence-corrected chi connectivity index (χ2v) is 2.86. The summed E-state index contributed by atoms with van der Waals surface area (Å²) in [4.78, 5) is 3.82. The Morgan fingerprint density at radius 2 is 1.93 bits per heavy atom. The molecular weight excluding hydrogens is 186 g/mol. The average Bonchev–Trinajstić information content (AvgIpc) is 2.16. The molecule has 0 atom stereocenters. The number of nitrogens with zero attached hydrogens (tertiary/aromatic N) is 1. The zero-order chi connectivity index (χ0) is 10.6. The molecule has 1 N–H and O–H groups in total. The highest BCUT2D eigenvalue weighted by atomic mass is 19.1. The van der Waals surface area contributed by atoms with Gasteiger partial charge < -0.3 is 5.32 Å². The van der Waals surface area contributed by atoms with Crippen LogP contribution in [0.1, 0.15) is 12.5 Å². The van der Waals surface area contributed by atoms with Crippen LogP contribution in [0.3, 0.4) is 0 Å². The van der Waals surface area contributed by atoms with Crippen molar-refractivity contribution in [2.24, 2.45) is 4.99 Å². The molecule has 0 aliphatic carbocycles. The molecule has 0 bridgehead atoms. The average molecular weight is 198 g/mol. The molecule has 0 radical (unpaired) electrons. The van der Waals surface area contributed by atoms with Crippen LogP contribution in [0.25, 0.3) is 0 Å². The molecule has 0 amide bonds. The molecule has 0 fully saturated rings. The van der Waals surface area contributed by atoms with Gasteiger partial charge in [0.05, 0.1) is 5.84 Å². The maximum absolute atomic E-state index is 13.1. The smallest absolute Gasteiger partial charge is 0.131 e. The van der Waals surface area contributed by atoms with Gasteiger partial charge in [-0.3, -0.25) is 4.99 Å². The topological polar surface area (TPSA) is 24.4 Å². The van der Waals surface area contributed by atoms with Crippen LogP contribution in [-0.2, 0) is 6.54 Å². The van der Waals surface area contributed by atoms with Crippen molar-refractivity contribution >= 4 is 5.84 Å². The van der Waals surface area contributed by atoms with Crippen molar-refractivity contribution in [3.63, 3.8) is 0 Å².